The Morgan fingerprint density at radius 1 is 1.30 bits per heavy atom. The second-order valence-electron chi connectivity index (χ2n) is 4.78. The van der Waals surface area contributed by atoms with Crippen LogP contribution in [0.4, 0.5) is 13.2 Å². The van der Waals surface area contributed by atoms with Crippen LogP contribution in [0.5, 0.6) is 5.75 Å². The minimum Gasteiger partial charge on any atom is -0.491 e. The summed E-state index contributed by atoms with van der Waals surface area (Å²) in [6.07, 6.45) is -4.49. The predicted molar refractivity (Wildman–Crippen MR) is 83.2 cm³/mol. The number of rotatable bonds is 5. The van der Waals surface area contributed by atoms with Crippen molar-refractivity contribution in [1.82, 2.24) is 5.32 Å². The second kappa shape index (κ2) is 7.23. The SMILES string of the molecule is CC(COc1ccccc1C(F)(F)F)NC(=O)c1ccc(Cl)s1. The van der Waals surface area contributed by atoms with Crippen molar-refractivity contribution in [2.24, 2.45) is 0 Å². The van der Waals surface area contributed by atoms with Crippen molar-refractivity contribution in [3.8, 4) is 5.75 Å². The quantitative estimate of drug-likeness (QED) is 0.842. The van der Waals surface area contributed by atoms with Crippen LogP contribution in [0.25, 0.3) is 0 Å². The summed E-state index contributed by atoms with van der Waals surface area (Å²) in [5, 5.41) is 2.64. The first-order valence-corrected chi connectivity index (χ1v) is 7.82. The monoisotopic (exact) mass is 363 g/mol. The maximum atomic E-state index is 12.8. The molecule has 0 spiro atoms. The molecule has 0 saturated heterocycles. The van der Waals surface area contributed by atoms with Crippen molar-refractivity contribution >= 4 is 28.8 Å². The number of carbonyl (C=O) groups excluding carboxylic acids is 1. The van der Waals surface area contributed by atoms with Crippen LogP contribution in [0.2, 0.25) is 4.34 Å². The van der Waals surface area contributed by atoms with Crippen molar-refractivity contribution in [3.05, 3.63) is 51.2 Å². The first-order valence-electron chi connectivity index (χ1n) is 6.62. The Labute approximate surface area is 140 Å². The predicted octanol–water partition coefficient (Wildman–Crippen LogP) is 4.62. The zero-order valence-corrected chi connectivity index (χ0v) is 13.6. The highest BCUT2D eigenvalue weighted by Gasteiger charge is 2.34. The number of alkyl halides is 3. The Bertz CT molecular complexity index is 687. The maximum absolute atomic E-state index is 12.8. The molecule has 8 heteroatoms. The van der Waals surface area contributed by atoms with Gasteiger partial charge in [-0.25, -0.2) is 0 Å². The molecule has 1 atom stereocenters. The lowest BCUT2D eigenvalue weighted by Crippen LogP contribution is -2.36. The highest BCUT2D eigenvalue weighted by molar-refractivity contribution is 7.17. The minimum atomic E-state index is -4.49. The molecule has 0 bridgehead atoms. The van der Waals surface area contributed by atoms with E-state index < -0.39 is 17.8 Å². The van der Waals surface area contributed by atoms with E-state index in [1.54, 1.807) is 19.1 Å². The first-order chi connectivity index (χ1) is 10.8. The van der Waals surface area contributed by atoms with E-state index in [1.807, 2.05) is 0 Å². The fourth-order valence-corrected chi connectivity index (χ4v) is 2.76. The van der Waals surface area contributed by atoms with Crippen LogP contribution in [0.3, 0.4) is 0 Å². The zero-order chi connectivity index (χ0) is 17.0. The third kappa shape index (κ3) is 4.87. The number of hydrogen-bond donors (Lipinski definition) is 1. The molecule has 1 aromatic carbocycles. The van der Waals surface area contributed by atoms with Crippen LogP contribution in [-0.4, -0.2) is 18.6 Å². The summed E-state index contributed by atoms with van der Waals surface area (Å²) in [7, 11) is 0. The van der Waals surface area contributed by atoms with E-state index in [1.165, 1.54) is 18.2 Å². The van der Waals surface area contributed by atoms with E-state index in [0.717, 1.165) is 17.4 Å². The molecule has 0 aliphatic heterocycles. The molecule has 1 aromatic heterocycles. The lowest BCUT2D eigenvalue weighted by Gasteiger charge is -2.17. The number of benzene rings is 1. The molecule has 2 rings (SSSR count). The summed E-state index contributed by atoms with van der Waals surface area (Å²) < 4.78 is 44.2. The number of thiophene rings is 1. The summed E-state index contributed by atoms with van der Waals surface area (Å²) in [6, 6.07) is 7.66. The van der Waals surface area contributed by atoms with E-state index in [4.69, 9.17) is 16.3 Å². The number of carbonyl (C=O) groups is 1. The number of halogens is 4. The smallest absolute Gasteiger partial charge is 0.419 e. The molecule has 3 nitrogen and oxygen atoms in total. The minimum absolute atomic E-state index is 0.0854. The molecule has 0 saturated carbocycles. The fraction of sp³-hybridized carbons (Fsp3) is 0.267. The van der Waals surface area contributed by atoms with Gasteiger partial charge in [0.25, 0.3) is 5.91 Å². The van der Waals surface area contributed by atoms with Crippen LogP contribution < -0.4 is 10.1 Å². The number of ether oxygens (including phenoxy) is 1. The molecule has 1 unspecified atom stereocenters. The normalized spacial score (nSPS) is 12.7. The molecule has 1 N–H and O–H groups in total. The third-order valence-electron chi connectivity index (χ3n) is 2.86. The summed E-state index contributed by atoms with van der Waals surface area (Å²) >= 11 is 6.87. The Balaban J connectivity index is 1.95. The molecular weight excluding hydrogens is 351 g/mol. The number of hydrogen-bond acceptors (Lipinski definition) is 3. The van der Waals surface area contributed by atoms with Crippen LogP contribution in [0, 0.1) is 0 Å². The highest BCUT2D eigenvalue weighted by Crippen LogP contribution is 2.35. The van der Waals surface area contributed by atoms with Gasteiger partial charge in [-0.2, -0.15) is 13.2 Å². The van der Waals surface area contributed by atoms with Gasteiger partial charge in [0.05, 0.1) is 20.8 Å². The number of nitrogens with one attached hydrogen (secondary N) is 1. The van der Waals surface area contributed by atoms with Gasteiger partial charge < -0.3 is 10.1 Å². The zero-order valence-electron chi connectivity index (χ0n) is 12.0. The molecule has 0 radical (unpaired) electrons. The van der Waals surface area contributed by atoms with Crippen molar-refractivity contribution in [1.29, 1.82) is 0 Å². The van der Waals surface area contributed by atoms with Gasteiger partial charge in [0.2, 0.25) is 0 Å². The average molecular weight is 364 g/mol. The first kappa shape index (κ1) is 17.6. The number of para-hydroxylation sites is 1. The summed E-state index contributed by atoms with van der Waals surface area (Å²) in [5.74, 6) is -0.609. The average Bonchev–Trinajstić information content (AvgIpc) is 2.91. The van der Waals surface area contributed by atoms with Crippen LogP contribution in [-0.2, 0) is 6.18 Å². The van der Waals surface area contributed by atoms with Gasteiger partial charge >= 0.3 is 6.18 Å². The second-order valence-corrected chi connectivity index (χ2v) is 6.50. The van der Waals surface area contributed by atoms with Crippen LogP contribution in [0.1, 0.15) is 22.2 Å². The molecule has 1 amide bonds. The van der Waals surface area contributed by atoms with E-state index in [2.05, 4.69) is 5.32 Å². The largest absolute Gasteiger partial charge is 0.491 e. The van der Waals surface area contributed by atoms with E-state index in [9.17, 15) is 18.0 Å². The van der Waals surface area contributed by atoms with Gasteiger partial charge in [-0.1, -0.05) is 23.7 Å². The molecule has 0 aliphatic carbocycles. The standard InChI is InChI=1S/C15H13ClF3NO2S/c1-9(20-14(21)12-6-7-13(16)23-12)8-22-11-5-3-2-4-10(11)15(17,18)19/h2-7,9H,8H2,1H3,(H,20,21). The van der Waals surface area contributed by atoms with E-state index >= 15 is 0 Å². The maximum Gasteiger partial charge on any atom is 0.419 e. The van der Waals surface area contributed by atoms with Gasteiger partial charge in [-0.05, 0) is 31.2 Å². The van der Waals surface area contributed by atoms with Crippen molar-refractivity contribution in [3.63, 3.8) is 0 Å². The van der Waals surface area contributed by atoms with E-state index in [0.29, 0.717) is 9.21 Å². The molecule has 0 fully saturated rings. The number of amides is 1. The van der Waals surface area contributed by atoms with Crippen molar-refractivity contribution < 1.29 is 22.7 Å². The van der Waals surface area contributed by atoms with Gasteiger partial charge in [0, 0.05) is 0 Å². The van der Waals surface area contributed by atoms with Gasteiger partial charge in [-0.15, -0.1) is 11.3 Å². The van der Waals surface area contributed by atoms with Gasteiger partial charge in [0.1, 0.15) is 12.4 Å². The van der Waals surface area contributed by atoms with Gasteiger partial charge in [-0.3, -0.25) is 4.79 Å². The molecule has 1 heterocycles. The Morgan fingerprint density at radius 2 is 2.00 bits per heavy atom. The fourth-order valence-electron chi connectivity index (χ4n) is 1.81. The van der Waals surface area contributed by atoms with Crippen molar-refractivity contribution in [2.75, 3.05) is 6.61 Å². The lowest BCUT2D eigenvalue weighted by atomic mass is 10.2. The molecule has 2 aromatic rings. The molecule has 124 valence electrons. The van der Waals surface area contributed by atoms with Crippen LogP contribution in [0.15, 0.2) is 36.4 Å². The topological polar surface area (TPSA) is 38.3 Å². The summed E-state index contributed by atoms with van der Waals surface area (Å²) in [5.41, 5.74) is -0.844. The highest BCUT2D eigenvalue weighted by atomic mass is 35.5. The van der Waals surface area contributed by atoms with Crippen LogP contribution >= 0.6 is 22.9 Å². The van der Waals surface area contributed by atoms with Crippen molar-refractivity contribution in [2.45, 2.75) is 19.1 Å². The van der Waals surface area contributed by atoms with E-state index in [-0.39, 0.29) is 18.3 Å². The third-order valence-corrected chi connectivity index (χ3v) is 4.09. The molecular formula is C15H13ClF3NO2S. The summed E-state index contributed by atoms with van der Waals surface area (Å²) in [6.45, 7) is 1.56. The summed E-state index contributed by atoms with van der Waals surface area (Å²) in [4.78, 5) is 12.3. The molecule has 0 aliphatic rings. The Morgan fingerprint density at radius 3 is 2.61 bits per heavy atom. The Hall–Kier alpha value is -1.73. The lowest BCUT2D eigenvalue weighted by molar-refractivity contribution is -0.139. The van der Waals surface area contributed by atoms with Gasteiger partial charge in [0.15, 0.2) is 0 Å². The molecule has 23 heavy (non-hydrogen) atoms. The Kier molecular flexibility index (Phi) is 5.54.